The lowest BCUT2D eigenvalue weighted by Crippen LogP contribution is -2.26. The van der Waals surface area contributed by atoms with Gasteiger partial charge in [-0.05, 0) is 62.4 Å². The molecule has 4 rings (SSSR count). The number of thiophene rings is 1. The first-order valence-corrected chi connectivity index (χ1v) is 10.2. The van der Waals surface area contributed by atoms with E-state index in [1.165, 1.54) is 10.4 Å². The highest BCUT2D eigenvalue weighted by atomic mass is 32.1. The zero-order valence-corrected chi connectivity index (χ0v) is 17.0. The summed E-state index contributed by atoms with van der Waals surface area (Å²) >= 11 is 1.73. The van der Waals surface area contributed by atoms with Crippen LogP contribution in [-0.4, -0.2) is 27.2 Å². The monoisotopic (exact) mass is 390 g/mol. The van der Waals surface area contributed by atoms with Crippen LogP contribution in [0.2, 0.25) is 0 Å². The number of rotatable bonds is 5. The molecule has 1 amide bonds. The Morgan fingerprint density at radius 3 is 2.64 bits per heavy atom. The number of para-hydroxylation sites is 1. The number of benzene rings is 1. The van der Waals surface area contributed by atoms with E-state index in [0.29, 0.717) is 17.8 Å². The summed E-state index contributed by atoms with van der Waals surface area (Å²) in [5.41, 5.74) is 5.14. The molecule has 0 aliphatic rings. The Balaban J connectivity index is 1.66. The Morgan fingerprint density at radius 1 is 1.14 bits per heavy atom. The largest absolute Gasteiger partial charge is 0.352 e. The third-order valence-corrected chi connectivity index (χ3v) is 5.87. The van der Waals surface area contributed by atoms with Gasteiger partial charge in [0.15, 0.2) is 5.65 Å². The lowest BCUT2D eigenvalue weighted by molar-refractivity contribution is 0.0955. The molecule has 0 bridgehead atoms. The minimum Gasteiger partial charge on any atom is -0.352 e. The summed E-state index contributed by atoms with van der Waals surface area (Å²) in [5, 5.41) is 10.6. The summed E-state index contributed by atoms with van der Waals surface area (Å²) in [6.07, 6.45) is 0.838. The van der Waals surface area contributed by atoms with Crippen molar-refractivity contribution in [3.05, 3.63) is 75.2 Å². The van der Waals surface area contributed by atoms with Crippen LogP contribution >= 0.6 is 11.3 Å². The van der Waals surface area contributed by atoms with Crippen molar-refractivity contribution in [2.24, 2.45) is 0 Å². The van der Waals surface area contributed by atoms with Crippen LogP contribution in [0.25, 0.3) is 16.7 Å². The number of hydrogen-bond acceptors (Lipinski definition) is 4. The van der Waals surface area contributed by atoms with Crippen LogP contribution in [-0.2, 0) is 6.42 Å². The van der Waals surface area contributed by atoms with E-state index in [1.54, 1.807) is 11.3 Å². The maximum Gasteiger partial charge on any atom is 0.252 e. The molecule has 3 aromatic heterocycles. The molecule has 0 atom stereocenters. The van der Waals surface area contributed by atoms with Gasteiger partial charge in [-0.1, -0.05) is 18.2 Å². The molecule has 28 heavy (non-hydrogen) atoms. The van der Waals surface area contributed by atoms with Crippen molar-refractivity contribution >= 4 is 28.3 Å². The van der Waals surface area contributed by atoms with E-state index in [4.69, 9.17) is 0 Å². The number of nitrogens with one attached hydrogen (secondary N) is 1. The molecule has 3 heterocycles. The van der Waals surface area contributed by atoms with Crippen molar-refractivity contribution in [3.63, 3.8) is 0 Å². The van der Waals surface area contributed by atoms with E-state index in [1.807, 2.05) is 54.9 Å². The molecule has 0 fully saturated rings. The van der Waals surface area contributed by atoms with Gasteiger partial charge in [0.25, 0.3) is 5.91 Å². The van der Waals surface area contributed by atoms with Gasteiger partial charge in [0.2, 0.25) is 0 Å². The second-order valence-electron chi connectivity index (χ2n) is 6.88. The van der Waals surface area contributed by atoms with Crippen LogP contribution in [0.1, 0.15) is 32.2 Å². The Hall–Kier alpha value is -2.99. The van der Waals surface area contributed by atoms with Gasteiger partial charge in [-0.15, -0.1) is 11.3 Å². The number of aryl methyl sites for hydroxylation is 3. The van der Waals surface area contributed by atoms with E-state index in [2.05, 4.69) is 33.8 Å². The summed E-state index contributed by atoms with van der Waals surface area (Å²) < 4.78 is 1.81. The summed E-state index contributed by atoms with van der Waals surface area (Å²) in [7, 11) is 0. The van der Waals surface area contributed by atoms with Gasteiger partial charge in [-0.25, -0.2) is 9.67 Å². The Labute approximate surface area is 168 Å². The minimum atomic E-state index is -0.0829. The lowest BCUT2D eigenvalue weighted by Gasteiger charge is -2.08. The summed E-state index contributed by atoms with van der Waals surface area (Å²) in [6.45, 7) is 6.53. The van der Waals surface area contributed by atoms with Crippen LogP contribution in [0.15, 0.2) is 47.8 Å². The minimum absolute atomic E-state index is 0.0829. The second kappa shape index (κ2) is 7.56. The van der Waals surface area contributed by atoms with Crippen molar-refractivity contribution < 1.29 is 4.79 Å². The number of carbonyl (C=O) groups is 1. The zero-order valence-electron chi connectivity index (χ0n) is 16.2. The number of pyridine rings is 1. The molecular weight excluding hydrogens is 368 g/mol. The van der Waals surface area contributed by atoms with Gasteiger partial charge >= 0.3 is 0 Å². The summed E-state index contributed by atoms with van der Waals surface area (Å²) in [6, 6.07) is 13.8. The molecule has 0 aliphatic heterocycles. The Morgan fingerprint density at radius 2 is 1.93 bits per heavy atom. The van der Waals surface area contributed by atoms with Crippen molar-refractivity contribution in [1.29, 1.82) is 0 Å². The van der Waals surface area contributed by atoms with Gasteiger partial charge in [0.1, 0.15) is 0 Å². The van der Waals surface area contributed by atoms with E-state index >= 15 is 0 Å². The number of hydrogen-bond donors (Lipinski definition) is 1. The van der Waals surface area contributed by atoms with Crippen LogP contribution in [0.5, 0.6) is 0 Å². The Kier molecular flexibility index (Phi) is 4.96. The first-order valence-electron chi connectivity index (χ1n) is 9.28. The first-order chi connectivity index (χ1) is 13.5. The fourth-order valence-corrected chi connectivity index (χ4v) is 4.30. The molecule has 1 N–H and O–H groups in total. The number of aromatic nitrogens is 3. The highest BCUT2D eigenvalue weighted by Crippen LogP contribution is 2.25. The third kappa shape index (κ3) is 3.43. The number of amides is 1. The van der Waals surface area contributed by atoms with Gasteiger partial charge in [0.05, 0.1) is 22.3 Å². The molecule has 6 heteroatoms. The van der Waals surface area contributed by atoms with Crippen molar-refractivity contribution in [3.8, 4) is 5.69 Å². The second-order valence-corrected chi connectivity index (χ2v) is 7.88. The quantitative estimate of drug-likeness (QED) is 0.550. The van der Waals surface area contributed by atoms with Crippen LogP contribution in [0.3, 0.4) is 0 Å². The molecule has 4 aromatic rings. The maximum absolute atomic E-state index is 12.9. The first kappa shape index (κ1) is 18.4. The average molecular weight is 391 g/mol. The third-order valence-electron chi connectivity index (χ3n) is 4.79. The van der Waals surface area contributed by atoms with Crippen LogP contribution in [0, 0.1) is 20.8 Å². The predicted molar refractivity (Wildman–Crippen MR) is 113 cm³/mol. The number of carbonyl (C=O) groups excluding carboxylic acids is 1. The van der Waals surface area contributed by atoms with E-state index in [0.717, 1.165) is 28.9 Å². The highest BCUT2D eigenvalue weighted by molar-refractivity contribution is 7.10. The lowest BCUT2D eigenvalue weighted by atomic mass is 10.1. The molecule has 0 saturated carbocycles. The molecule has 142 valence electrons. The normalized spacial score (nSPS) is 11.1. The highest BCUT2D eigenvalue weighted by Gasteiger charge is 2.19. The van der Waals surface area contributed by atoms with Crippen molar-refractivity contribution in [1.82, 2.24) is 20.1 Å². The SMILES string of the molecule is Cc1cc(C(=O)NCCc2sccc2C)c2c(C)nn(-c3ccccc3)c2n1. The summed E-state index contributed by atoms with van der Waals surface area (Å²) in [4.78, 5) is 18.9. The standard InChI is InChI=1S/C22H22N4OS/c1-14-10-12-28-19(14)9-11-23-22(27)18-13-15(2)24-21-20(18)16(3)25-26(21)17-7-5-4-6-8-17/h4-8,10,12-13H,9,11H2,1-3H3,(H,23,27). The van der Waals surface area contributed by atoms with Gasteiger partial charge in [-0.2, -0.15) is 5.10 Å². The van der Waals surface area contributed by atoms with E-state index in [-0.39, 0.29) is 5.91 Å². The molecule has 0 saturated heterocycles. The van der Waals surface area contributed by atoms with Crippen LogP contribution in [0.4, 0.5) is 0 Å². The molecule has 0 spiro atoms. The molecule has 0 radical (unpaired) electrons. The van der Waals surface area contributed by atoms with Crippen LogP contribution < -0.4 is 5.32 Å². The molecule has 1 aromatic carbocycles. The maximum atomic E-state index is 12.9. The van der Waals surface area contributed by atoms with E-state index < -0.39 is 0 Å². The zero-order chi connectivity index (χ0) is 19.7. The van der Waals surface area contributed by atoms with Crippen molar-refractivity contribution in [2.75, 3.05) is 6.54 Å². The molecule has 5 nitrogen and oxygen atoms in total. The number of nitrogens with zero attached hydrogens (tertiary/aromatic N) is 3. The molecular formula is C22H22N4OS. The van der Waals surface area contributed by atoms with Gasteiger partial charge < -0.3 is 5.32 Å². The fraction of sp³-hybridized carbons (Fsp3) is 0.227. The molecule has 0 aliphatic carbocycles. The smallest absolute Gasteiger partial charge is 0.252 e. The Bertz CT molecular complexity index is 1140. The van der Waals surface area contributed by atoms with E-state index in [9.17, 15) is 4.79 Å². The average Bonchev–Trinajstić information content (AvgIpc) is 3.25. The van der Waals surface area contributed by atoms with Crippen molar-refractivity contribution in [2.45, 2.75) is 27.2 Å². The summed E-state index contributed by atoms with van der Waals surface area (Å²) in [5.74, 6) is -0.0829. The molecule has 0 unspecified atom stereocenters. The number of fused-ring (bicyclic) bond motifs is 1. The fourth-order valence-electron chi connectivity index (χ4n) is 3.39. The topological polar surface area (TPSA) is 59.8 Å². The van der Waals surface area contributed by atoms with Gasteiger partial charge in [-0.3, -0.25) is 4.79 Å². The predicted octanol–water partition coefficient (Wildman–Crippen LogP) is 4.38. The van der Waals surface area contributed by atoms with Gasteiger partial charge in [0, 0.05) is 17.1 Å².